The summed E-state index contributed by atoms with van der Waals surface area (Å²) in [5.41, 5.74) is 0.232. The van der Waals surface area contributed by atoms with Crippen LogP contribution < -0.4 is 10.1 Å². The van der Waals surface area contributed by atoms with Crippen LogP contribution in [0.25, 0.3) is 0 Å². The summed E-state index contributed by atoms with van der Waals surface area (Å²) in [6.07, 6.45) is 1.34. The number of carboxylic acid groups (broad SMARTS) is 1. The van der Waals surface area contributed by atoms with Crippen LogP contribution in [0.3, 0.4) is 0 Å². The molecule has 2 rings (SSSR count). The summed E-state index contributed by atoms with van der Waals surface area (Å²) < 4.78 is 18.6. The van der Waals surface area contributed by atoms with Crippen LogP contribution in [0, 0.1) is 5.82 Å². The standard InChI is InChI=1S/C13H11FN2O3/c1-19-9-2-3-10(14)11(7-9)16-12-6-8(13(17)18)4-5-15-12/h2-7H,1H3,(H,15,16)(H,17,18). The van der Waals surface area contributed by atoms with E-state index in [9.17, 15) is 9.18 Å². The number of methoxy groups -OCH3 is 1. The number of carbonyl (C=O) groups is 1. The Kier molecular flexibility index (Phi) is 3.61. The molecule has 0 saturated carbocycles. The van der Waals surface area contributed by atoms with Crippen molar-refractivity contribution in [1.29, 1.82) is 0 Å². The third-order valence-electron chi connectivity index (χ3n) is 2.44. The van der Waals surface area contributed by atoms with Gasteiger partial charge in [-0.3, -0.25) is 0 Å². The van der Waals surface area contributed by atoms with Crippen LogP contribution >= 0.6 is 0 Å². The van der Waals surface area contributed by atoms with Gasteiger partial charge < -0.3 is 15.2 Å². The van der Waals surface area contributed by atoms with Gasteiger partial charge in [-0.05, 0) is 24.3 Å². The van der Waals surface area contributed by atoms with Crippen LogP contribution in [0.5, 0.6) is 5.75 Å². The molecule has 0 saturated heterocycles. The first-order valence-electron chi connectivity index (χ1n) is 5.40. The number of hydrogen-bond acceptors (Lipinski definition) is 4. The van der Waals surface area contributed by atoms with E-state index >= 15 is 0 Å². The zero-order valence-corrected chi connectivity index (χ0v) is 10.1. The highest BCUT2D eigenvalue weighted by Gasteiger charge is 2.08. The summed E-state index contributed by atoms with van der Waals surface area (Å²) >= 11 is 0. The molecule has 1 aromatic carbocycles. The molecule has 0 aliphatic rings. The molecule has 0 atom stereocenters. The summed E-state index contributed by atoms with van der Waals surface area (Å²) in [6.45, 7) is 0. The number of anilines is 2. The van der Waals surface area contributed by atoms with Crippen molar-refractivity contribution in [2.45, 2.75) is 0 Å². The number of hydrogen-bond donors (Lipinski definition) is 2. The Bertz CT molecular complexity index is 617. The van der Waals surface area contributed by atoms with Gasteiger partial charge in [0.2, 0.25) is 0 Å². The predicted octanol–water partition coefficient (Wildman–Crippen LogP) is 2.67. The largest absolute Gasteiger partial charge is 0.497 e. The molecule has 0 fully saturated rings. The minimum atomic E-state index is -1.07. The minimum Gasteiger partial charge on any atom is -0.497 e. The molecule has 2 N–H and O–H groups in total. The number of ether oxygens (including phenoxy) is 1. The van der Waals surface area contributed by atoms with E-state index in [0.29, 0.717) is 5.75 Å². The van der Waals surface area contributed by atoms with E-state index in [0.717, 1.165) is 0 Å². The van der Waals surface area contributed by atoms with Gasteiger partial charge >= 0.3 is 5.97 Å². The van der Waals surface area contributed by atoms with E-state index in [-0.39, 0.29) is 17.1 Å². The molecule has 1 heterocycles. The molecule has 98 valence electrons. The van der Waals surface area contributed by atoms with Gasteiger partial charge in [-0.15, -0.1) is 0 Å². The molecular weight excluding hydrogens is 251 g/mol. The quantitative estimate of drug-likeness (QED) is 0.886. The van der Waals surface area contributed by atoms with Crippen molar-refractivity contribution in [3.8, 4) is 5.75 Å². The zero-order chi connectivity index (χ0) is 13.8. The molecule has 1 aromatic heterocycles. The van der Waals surface area contributed by atoms with Gasteiger partial charge in [-0.2, -0.15) is 0 Å². The fourth-order valence-electron chi connectivity index (χ4n) is 1.50. The Labute approximate surface area is 108 Å². The van der Waals surface area contributed by atoms with Gasteiger partial charge in [0.05, 0.1) is 18.4 Å². The van der Waals surface area contributed by atoms with Gasteiger partial charge in [-0.1, -0.05) is 0 Å². The molecular formula is C13H11FN2O3. The maximum Gasteiger partial charge on any atom is 0.335 e. The van der Waals surface area contributed by atoms with E-state index in [1.165, 1.54) is 43.6 Å². The van der Waals surface area contributed by atoms with Crippen molar-refractivity contribution in [3.63, 3.8) is 0 Å². The second-order valence-corrected chi connectivity index (χ2v) is 3.71. The Morgan fingerprint density at radius 3 is 2.84 bits per heavy atom. The van der Waals surface area contributed by atoms with Gasteiger partial charge in [0.25, 0.3) is 0 Å². The number of pyridine rings is 1. The number of carboxylic acids is 1. The first kappa shape index (κ1) is 12.8. The van der Waals surface area contributed by atoms with E-state index in [2.05, 4.69) is 10.3 Å². The van der Waals surface area contributed by atoms with Crippen molar-refractivity contribution >= 4 is 17.5 Å². The average molecular weight is 262 g/mol. The molecule has 2 aromatic rings. The van der Waals surface area contributed by atoms with Crippen LogP contribution in [-0.4, -0.2) is 23.2 Å². The highest BCUT2D eigenvalue weighted by Crippen LogP contribution is 2.24. The Morgan fingerprint density at radius 1 is 1.37 bits per heavy atom. The van der Waals surface area contributed by atoms with Crippen LogP contribution in [0.4, 0.5) is 15.9 Å². The fourth-order valence-corrected chi connectivity index (χ4v) is 1.50. The molecule has 0 aliphatic carbocycles. The molecule has 19 heavy (non-hydrogen) atoms. The van der Waals surface area contributed by atoms with Crippen molar-refractivity contribution in [3.05, 3.63) is 47.9 Å². The van der Waals surface area contributed by atoms with Gasteiger partial charge in [-0.25, -0.2) is 14.2 Å². The number of benzene rings is 1. The van der Waals surface area contributed by atoms with E-state index < -0.39 is 11.8 Å². The maximum atomic E-state index is 13.6. The molecule has 0 unspecified atom stereocenters. The Balaban J connectivity index is 2.30. The molecule has 0 bridgehead atoms. The van der Waals surface area contributed by atoms with Crippen molar-refractivity contribution in [2.75, 3.05) is 12.4 Å². The molecule has 5 nitrogen and oxygen atoms in total. The predicted molar refractivity (Wildman–Crippen MR) is 67.4 cm³/mol. The van der Waals surface area contributed by atoms with Crippen molar-refractivity contribution in [1.82, 2.24) is 4.98 Å². The van der Waals surface area contributed by atoms with E-state index in [1.807, 2.05) is 0 Å². The van der Waals surface area contributed by atoms with Crippen molar-refractivity contribution < 1.29 is 19.0 Å². The first-order valence-corrected chi connectivity index (χ1v) is 5.40. The topological polar surface area (TPSA) is 71.5 Å². The summed E-state index contributed by atoms with van der Waals surface area (Å²) in [5.74, 6) is -0.828. The normalized spacial score (nSPS) is 10.0. The lowest BCUT2D eigenvalue weighted by molar-refractivity contribution is 0.0697. The van der Waals surface area contributed by atoms with Crippen LogP contribution in [-0.2, 0) is 0 Å². The number of halogens is 1. The molecule has 6 heteroatoms. The van der Waals surface area contributed by atoms with Crippen LogP contribution in [0.15, 0.2) is 36.5 Å². The molecule has 0 aliphatic heterocycles. The third kappa shape index (κ3) is 2.98. The average Bonchev–Trinajstić information content (AvgIpc) is 2.41. The second kappa shape index (κ2) is 5.34. The number of aromatic nitrogens is 1. The number of aromatic carboxylic acids is 1. The van der Waals surface area contributed by atoms with Gasteiger partial charge in [0, 0.05) is 12.3 Å². The van der Waals surface area contributed by atoms with Gasteiger partial charge in [0.15, 0.2) is 0 Å². The molecule has 0 radical (unpaired) electrons. The highest BCUT2D eigenvalue weighted by molar-refractivity contribution is 5.88. The van der Waals surface area contributed by atoms with E-state index in [4.69, 9.17) is 9.84 Å². The summed E-state index contributed by atoms with van der Waals surface area (Å²) in [4.78, 5) is 14.8. The van der Waals surface area contributed by atoms with E-state index in [1.54, 1.807) is 0 Å². The van der Waals surface area contributed by atoms with Gasteiger partial charge in [0.1, 0.15) is 17.4 Å². The van der Waals surface area contributed by atoms with Crippen LogP contribution in [0.2, 0.25) is 0 Å². The minimum absolute atomic E-state index is 0.0702. The van der Waals surface area contributed by atoms with Crippen molar-refractivity contribution in [2.24, 2.45) is 0 Å². The number of rotatable bonds is 4. The zero-order valence-electron chi connectivity index (χ0n) is 10.1. The maximum absolute atomic E-state index is 13.6. The first-order chi connectivity index (χ1) is 9.10. The second-order valence-electron chi connectivity index (χ2n) is 3.71. The SMILES string of the molecule is COc1ccc(F)c(Nc2cc(C(=O)O)ccn2)c1. The smallest absolute Gasteiger partial charge is 0.335 e. The lowest BCUT2D eigenvalue weighted by atomic mass is 10.2. The number of nitrogens with one attached hydrogen (secondary N) is 1. The fraction of sp³-hybridized carbons (Fsp3) is 0.0769. The summed E-state index contributed by atoms with van der Waals surface area (Å²) in [7, 11) is 1.47. The lowest BCUT2D eigenvalue weighted by Crippen LogP contribution is -2.01. The molecule has 0 amide bonds. The third-order valence-corrected chi connectivity index (χ3v) is 2.44. The summed E-state index contributed by atoms with van der Waals surface area (Å²) in [6, 6.07) is 6.88. The monoisotopic (exact) mass is 262 g/mol. The highest BCUT2D eigenvalue weighted by atomic mass is 19.1. The Morgan fingerprint density at radius 2 is 2.16 bits per heavy atom. The summed E-state index contributed by atoms with van der Waals surface area (Å²) in [5, 5.41) is 11.6. The Hall–Kier alpha value is -2.63. The lowest BCUT2D eigenvalue weighted by Gasteiger charge is -2.09. The van der Waals surface area contributed by atoms with Crippen LogP contribution in [0.1, 0.15) is 10.4 Å². The molecule has 0 spiro atoms. The number of nitrogens with zero attached hydrogens (tertiary/aromatic N) is 1.